The van der Waals surface area contributed by atoms with Crippen molar-refractivity contribution in [3.8, 4) is 0 Å². The molecule has 1 amide bonds. The van der Waals surface area contributed by atoms with Gasteiger partial charge in [0.15, 0.2) is 0 Å². The van der Waals surface area contributed by atoms with Crippen LogP contribution in [-0.2, 0) is 0 Å². The van der Waals surface area contributed by atoms with Gasteiger partial charge in [0.25, 0.3) is 5.91 Å². The SMILES string of the molecule is CC(O)C(C)(C)NC(=O)c1ccc2nccnc2c1. The number of hydrogen-bond donors (Lipinski definition) is 2. The molecule has 1 unspecified atom stereocenters. The van der Waals surface area contributed by atoms with Gasteiger partial charge < -0.3 is 10.4 Å². The Hall–Kier alpha value is -2.01. The number of benzene rings is 1. The fourth-order valence-electron chi connectivity index (χ4n) is 1.57. The van der Waals surface area contributed by atoms with Gasteiger partial charge in [-0.3, -0.25) is 14.8 Å². The summed E-state index contributed by atoms with van der Waals surface area (Å²) in [7, 11) is 0. The minimum Gasteiger partial charge on any atom is -0.391 e. The summed E-state index contributed by atoms with van der Waals surface area (Å²) in [5.41, 5.74) is 1.23. The summed E-state index contributed by atoms with van der Waals surface area (Å²) in [6.45, 7) is 5.19. The topological polar surface area (TPSA) is 75.1 Å². The van der Waals surface area contributed by atoms with Crippen molar-refractivity contribution in [1.82, 2.24) is 15.3 Å². The number of rotatable bonds is 3. The molecule has 2 rings (SSSR count). The molecule has 1 aromatic carbocycles. The fourth-order valence-corrected chi connectivity index (χ4v) is 1.57. The monoisotopic (exact) mass is 259 g/mol. The van der Waals surface area contributed by atoms with Crippen LogP contribution < -0.4 is 5.32 Å². The molecule has 0 aliphatic heterocycles. The van der Waals surface area contributed by atoms with Crippen molar-refractivity contribution in [2.75, 3.05) is 0 Å². The normalized spacial score (nSPS) is 13.3. The van der Waals surface area contributed by atoms with E-state index in [2.05, 4.69) is 15.3 Å². The molecule has 5 nitrogen and oxygen atoms in total. The van der Waals surface area contributed by atoms with Crippen LogP contribution in [0.3, 0.4) is 0 Å². The Morgan fingerprint density at radius 1 is 1.26 bits per heavy atom. The molecule has 100 valence electrons. The van der Waals surface area contributed by atoms with E-state index in [0.29, 0.717) is 11.1 Å². The number of aliphatic hydroxyl groups excluding tert-OH is 1. The smallest absolute Gasteiger partial charge is 0.251 e. The highest BCUT2D eigenvalue weighted by atomic mass is 16.3. The van der Waals surface area contributed by atoms with Gasteiger partial charge in [-0.05, 0) is 39.0 Å². The van der Waals surface area contributed by atoms with Gasteiger partial charge in [0.1, 0.15) is 0 Å². The van der Waals surface area contributed by atoms with E-state index in [1.807, 2.05) is 0 Å². The molecule has 2 aromatic rings. The summed E-state index contributed by atoms with van der Waals surface area (Å²) < 4.78 is 0. The van der Waals surface area contributed by atoms with Crippen molar-refractivity contribution in [2.45, 2.75) is 32.4 Å². The van der Waals surface area contributed by atoms with Crippen LogP contribution >= 0.6 is 0 Å². The highest BCUT2D eigenvalue weighted by Crippen LogP contribution is 2.14. The van der Waals surface area contributed by atoms with Crippen molar-refractivity contribution in [3.63, 3.8) is 0 Å². The molecule has 19 heavy (non-hydrogen) atoms. The number of hydrogen-bond acceptors (Lipinski definition) is 4. The third kappa shape index (κ3) is 2.88. The molecule has 1 heterocycles. The first-order valence-electron chi connectivity index (χ1n) is 6.11. The number of aromatic nitrogens is 2. The van der Waals surface area contributed by atoms with Crippen molar-refractivity contribution in [3.05, 3.63) is 36.2 Å². The first-order chi connectivity index (χ1) is 8.90. The van der Waals surface area contributed by atoms with Crippen molar-refractivity contribution in [2.24, 2.45) is 0 Å². The van der Waals surface area contributed by atoms with Gasteiger partial charge in [0, 0.05) is 18.0 Å². The fraction of sp³-hybridized carbons (Fsp3) is 0.357. The average molecular weight is 259 g/mol. The lowest BCUT2D eigenvalue weighted by Gasteiger charge is -2.29. The lowest BCUT2D eigenvalue weighted by Crippen LogP contribution is -2.50. The van der Waals surface area contributed by atoms with E-state index in [9.17, 15) is 9.90 Å². The molecule has 0 radical (unpaired) electrons. The summed E-state index contributed by atoms with van der Waals surface area (Å²) in [5, 5.41) is 12.4. The number of aliphatic hydroxyl groups is 1. The van der Waals surface area contributed by atoms with Gasteiger partial charge in [-0.1, -0.05) is 0 Å². The summed E-state index contributed by atoms with van der Waals surface area (Å²) in [5.74, 6) is -0.238. The molecule has 1 atom stereocenters. The van der Waals surface area contributed by atoms with Gasteiger partial charge in [-0.2, -0.15) is 0 Å². The Balaban J connectivity index is 2.27. The van der Waals surface area contributed by atoms with E-state index in [1.54, 1.807) is 51.4 Å². The first-order valence-corrected chi connectivity index (χ1v) is 6.11. The summed E-state index contributed by atoms with van der Waals surface area (Å²) in [4.78, 5) is 20.5. The molecule has 0 aliphatic rings. The molecular formula is C14H17N3O2. The van der Waals surface area contributed by atoms with E-state index in [0.717, 1.165) is 5.52 Å². The van der Waals surface area contributed by atoms with Crippen LogP contribution in [-0.4, -0.2) is 32.6 Å². The summed E-state index contributed by atoms with van der Waals surface area (Å²) in [6, 6.07) is 5.15. The maximum absolute atomic E-state index is 12.1. The Morgan fingerprint density at radius 3 is 2.53 bits per heavy atom. The van der Waals surface area contributed by atoms with E-state index in [-0.39, 0.29) is 5.91 Å². The molecule has 0 saturated heterocycles. The first kappa shape index (κ1) is 13.4. The van der Waals surface area contributed by atoms with Crippen molar-refractivity contribution in [1.29, 1.82) is 0 Å². The molecule has 0 bridgehead atoms. The number of nitrogens with zero attached hydrogens (tertiary/aromatic N) is 2. The average Bonchev–Trinajstić information content (AvgIpc) is 2.37. The molecule has 0 fully saturated rings. The second-order valence-electron chi connectivity index (χ2n) is 5.11. The molecule has 0 spiro atoms. The number of amides is 1. The summed E-state index contributed by atoms with van der Waals surface area (Å²) >= 11 is 0. The van der Waals surface area contributed by atoms with Crippen LogP contribution in [0.15, 0.2) is 30.6 Å². The lowest BCUT2D eigenvalue weighted by molar-refractivity contribution is 0.0709. The number of nitrogens with one attached hydrogen (secondary N) is 1. The van der Waals surface area contributed by atoms with Gasteiger partial charge in [0.05, 0.1) is 22.7 Å². The second-order valence-corrected chi connectivity index (χ2v) is 5.11. The Morgan fingerprint density at radius 2 is 1.89 bits per heavy atom. The van der Waals surface area contributed by atoms with Gasteiger partial charge in [0.2, 0.25) is 0 Å². The molecule has 5 heteroatoms. The molecule has 2 N–H and O–H groups in total. The quantitative estimate of drug-likeness (QED) is 0.876. The minimum absolute atomic E-state index is 0.238. The molecular weight excluding hydrogens is 242 g/mol. The van der Waals surface area contributed by atoms with Crippen LogP contribution in [0.1, 0.15) is 31.1 Å². The maximum Gasteiger partial charge on any atom is 0.251 e. The van der Waals surface area contributed by atoms with Crippen LogP contribution in [0, 0.1) is 0 Å². The van der Waals surface area contributed by atoms with E-state index < -0.39 is 11.6 Å². The second kappa shape index (κ2) is 4.93. The van der Waals surface area contributed by atoms with Gasteiger partial charge >= 0.3 is 0 Å². The third-order valence-corrected chi connectivity index (χ3v) is 3.21. The number of carbonyl (C=O) groups excluding carboxylic acids is 1. The molecule has 0 aliphatic carbocycles. The molecule has 0 saturated carbocycles. The van der Waals surface area contributed by atoms with Crippen molar-refractivity contribution < 1.29 is 9.90 Å². The largest absolute Gasteiger partial charge is 0.391 e. The zero-order valence-corrected chi connectivity index (χ0v) is 11.2. The highest BCUT2D eigenvalue weighted by Gasteiger charge is 2.26. The maximum atomic E-state index is 12.1. The Bertz CT molecular complexity index is 608. The standard InChI is InChI=1S/C14H17N3O2/c1-9(18)14(2,3)17-13(19)10-4-5-11-12(8-10)16-7-6-15-11/h4-9,18H,1-3H3,(H,17,19). The zero-order chi connectivity index (χ0) is 14.0. The van der Waals surface area contributed by atoms with Crippen LogP contribution in [0.5, 0.6) is 0 Å². The van der Waals surface area contributed by atoms with Crippen LogP contribution in [0.2, 0.25) is 0 Å². The summed E-state index contributed by atoms with van der Waals surface area (Å²) in [6.07, 6.45) is 2.55. The van der Waals surface area contributed by atoms with Crippen LogP contribution in [0.4, 0.5) is 0 Å². The Labute approximate surface area is 111 Å². The number of fused-ring (bicyclic) bond motifs is 1. The predicted octanol–water partition coefficient (Wildman–Crippen LogP) is 1.52. The zero-order valence-electron chi connectivity index (χ0n) is 11.2. The van der Waals surface area contributed by atoms with E-state index >= 15 is 0 Å². The van der Waals surface area contributed by atoms with E-state index in [1.165, 1.54) is 0 Å². The van der Waals surface area contributed by atoms with Crippen LogP contribution in [0.25, 0.3) is 11.0 Å². The van der Waals surface area contributed by atoms with Crippen molar-refractivity contribution >= 4 is 16.9 Å². The number of carbonyl (C=O) groups is 1. The highest BCUT2D eigenvalue weighted by molar-refractivity contribution is 5.97. The Kier molecular flexibility index (Phi) is 3.48. The van der Waals surface area contributed by atoms with Gasteiger partial charge in [-0.15, -0.1) is 0 Å². The minimum atomic E-state index is -0.686. The van der Waals surface area contributed by atoms with Gasteiger partial charge in [-0.25, -0.2) is 0 Å². The third-order valence-electron chi connectivity index (χ3n) is 3.21. The van der Waals surface area contributed by atoms with E-state index in [4.69, 9.17) is 0 Å². The predicted molar refractivity (Wildman–Crippen MR) is 72.8 cm³/mol. The molecule has 1 aromatic heterocycles. The lowest BCUT2D eigenvalue weighted by atomic mass is 9.98.